The van der Waals surface area contributed by atoms with Gasteiger partial charge in [-0.15, -0.1) is 0 Å². The second kappa shape index (κ2) is 5.82. The molecule has 0 radical (unpaired) electrons. The number of hydrogen-bond acceptors (Lipinski definition) is 3. The van der Waals surface area contributed by atoms with E-state index < -0.39 is 17.8 Å². The third kappa shape index (κ3) is 3.01. The summed E-state index contributed by atoms with van der Waals surface area (Å²) in [7, 11) is 0. The fraction of sp³-hybridized carbons (Fsp3) is 0.625. The van der Waals surface area contributed by atoms with E-state index in [0.29, 0.717) is 32.0 Å². The molecule has 0 bridgehead atoms. The van der Waals surface area contributed by atoms with Crippen LogP contribution in [0, 0.1) is 11.3 Å². The van der Waals surface area contributed by atoms with Crippen LogP contribution >= 0.6 is 0 Å². The molecule has 1 atom stereocenters. The summed E-state index contributed by atoms with van der Waals surface area (Å²) >= 11 is 0. The van der Waals surface area contributed by atoms with Gasteiger partial charge in [0.25, 0.3) is 0 Å². The molecule has 132 valence electrons. The maximum Gasteiger partial charge on any atom is 0.416 e. The third-order valence-electron chi connectivity index (χ3n) is 5.47. The number of halogens is 3. The number of likely N-dealkylation sites (tertiary alicyclic amines) is 1. The standard InChI is InChI=1S/C16H20F3N3O2/c1-11-9-22(13-8-12(2-5-20-13)16(17,18)19)10-15(11)3-6-21(7-4-15)14(23)24/h2,5,8,11H,3-4,6-7,9-10H2,1H3,(H,23,24). The molecule has 1 unspecified atom stereocenters. The molecule has 5 nitrogen and oxygen atoms in total. The molecule has 8 heteroatoms. The number of pyridine rings is 1. The van der Waals surface area contributed by atoms with Gasteiger partial charge in [0.15, 0.2) is 0 Å². The van der Waals surface area contributed by atoms with Crippen molar-refractivity contribution >= 4 is 11.9 Å². The molecule has 0 saturated carbocycles. The van der Waals surface area contributed by atoms with Crippen LogP contribution in [-0.2, 0) is 6.18 Å². The Morgan fingerprint density at radius 3 is 2.62 bits per heavy atom. The Kier molecular flexibility index (Phi) is 4.09. The number of carboxylic acid groups (broad SMARTS) is 1. The Morgan fingerprint density at radius 2 is 2.04 bits per heavy atom. The van der Waals surface area contributed by atoms with E-state index in [2.05, 4.69) is 11.9 Å². The topological polar surface area (TPSA) is 56.7 Å². The second-order valence-corrected chi connectivity index (χ2v) is 6.81. The van der Waals surface area contributed by atoms with E-state index in [1.54, 1.807) is 0 Å². The van der Waals surface area contributed by atoms with Crippen LogP contribution in [0.4, 0.5) is 23.8 Å². The molecule has 1 amide bonds. The van der Waals surface area contributed by atoms with E-state index in [9.17, 15) is 18.0 Å². The molecule has 3 heterocycles. The number of piperidine rings is 1. The van der Waals surface area contributed by atoms with Crippen LogP contribution in [0.5, 0.6) is 0 Å². The number of alkyl halides is 3. The molecule has 1 N–H and O–H groups in total. The van der Waals surface area contributed by atoms with Crippen LogP contribution in [0.2, 0.25) is 0 Å². The van der Waals surface area contributed by atoms with Gasteiger partial charge in [0, 0.05) is 32.4 Å². The third-order valence-corrected chi connectivity index (χ3v) is 5.47. The lowest BCUT2D eigenvalue weighted by Gasteiger charge is -2.40. The SMILES string of the molecule is CC1CN(c2cc(C(F)(F)F)ccn2)CC12CCN(C(=O)O)CC2. The monoisotopic (exact) mass is 343 g/mol. The van der Waals surface area contributed by atoms with E-state index in [-0.39, 0.29) is 11.3 Å². The van der Waals surface area contributed by atoms with Gasteiger partial charge >= 0.3 is 12.3 Å². The van der Waals surface area contributed by atoms with E-state index in [1.165, 1.54) is 11.1 Å². The van der Waals surface area contributed by atoms with Crippen molar-refractivity contribution in [3.63, 3.8) is 0 Å². The van der Waals surface area contributed by atoms with Crippen molar-refractivity contribution in [1.29, 1.82) is 0 Å². The number of carbonyl (C=O) groups is 1. The lowest BCUT2D eigenvalue weighted by Crippen LogP contribution is -2.45. The Balaban J connectivity index is 1.76. The summed E-state index contributed by atoms with van der Waals surface area (Å²) in [6.45, 7) is 4.30. The summed E-state index contributed by atoms with van der Waals surface area (Å²) in [6, 6.07) is 2.07. The lowest BCUT2D eigenvalue weighted by atomic mass is 9.72. The highest BCUT2D eigenvalue weighted by Crippen LogP contribution is 2.45. The maximum absolute atomic E-state index is 12.9. The van der Waals surface area contributed by atoms with Crippen molar-refractivity contribution in [2.75, 3.05) is 31.1 Å². The molecule has 24 heavy (non-hydrogen) atoms. The van der Waals surface area contributed by atoms with Crippen molar-refractivity contribution in [2.45, 2.75) is 25.9 Å². The first-order valence-electron chi connectivity index (χ1n) is 7.97. The highest BCUT2D eigenvalue weighted by Gasteiger charge is 2.47. The number of anilines is 1. The fourth-order valence-corrected chi connectivity index (χ4v) is 3.86. The largest absolute Gasteiger partial charge is 0.465 e. The highest BCUT2D eigenvalue weighted by atomic mass is 19.4. The molecule has 2 aliphatic rings. The average molecular weight is 343 g/mol. The molecule has 1 spiro atoms. The van der Waals surface area contributed by atoms with Gasteiger partial charge in [-0.1, -0.05) is 6.92 Å². The van der Waals surface area contributed by atoms with Gasteiger partial charge < -0.3 is 14.9 Å². The van der Waals surface area contributed by atoms with E-state index in [0.717, 1.165) is 25.0 Å². The van der Waals surface area contributed by atoms with Gasteiger partial charge in [0.1, 0.15) is 5.82 Å². The molecule has 0 aliphatic carbocycles. The molecule has 2 fully saturated rings. The van der Waals surface area contributed by atoms with Crippen molar-refractivity contribution < 1.29 is 23.1 Å². The van der Waals surface area contributed by atoms with Crippen LogP contribution in [0.3, 0.4) is 0 Å². The Labute approximate surface area is 138 Å². The molecular weight excluding hydrogens is 323 g/mol. The van der Waals surface area contributed by atoms with Crippen molar-refractivity contribution in [1.82, 2.24) is 9.88 Å². The predicted octanol–water partition coefficient (Wildman–Crippen LogP) is 3.32. The highest BCUT2D eigenvalue weighted by molar-refractivity contribution is 5.65. The van der Waals surface area contributed by atoms with Gasteiger partial charge in [-0.25, -0.2) is 9.78 Å². The first kappa shape index (κ1) is 16.9. The molecular formula is C16H20F3N3O2. The van der Waals surface area contributed by atoms with Gasteiger partial charge in [-0.3, -0.25) is 0 Å². The molecule has 3 rings (SSSR count). The summed E-state index contributed by atoms with van der Waals surface area (Å²) in [4.78, 5) is 18.5. The van der Waals surface area contributed by atoms with Crippen molar-refractivity contribution in [3.8, 4) is 0 Å². The molecule has 0 aromatic carbocycles. The van der Waals surface area contributed by atoms with Crippen LogP contribution in [0.25, 0.3) is 0 Å². The number of nitrogens with zero attached hydrogens (tertiary/aromatic N) is 3. The minimum absolute atomic E-state index is 0.0537. The smallest absolute Gasteiger partial charge is 0.416 e. The number of aromatic nitrogens is 1. The normalized spacial score (nSPS) is 23.8. The van der Waals surface area contributed by atoms with Crippen molar-refractivity contribution in [3.05, 3.63) is 23.9 Å². The van der Waals surface area contributed by atoms with E-state index >= 15 is 0 Å². The first-order chi connectivity index (χ1) is 11.2. The zero-order chi connectivity index (χ0) is 17.5. The zero-order valence-electron chi connectivity index (χ0n) is 13.4. The summed E-state index contributed by atoms with van der Waals surface area (Å²) in [5.41, 5.74) is -0.746. The van der Waals surface area contributed by atoms with E-state index in [4.69, 9.17) is 5.11 Å². The summed E-state index contributed by atoms with van der Waals surface area (Å²) in [6.07, 6.45) is -2.63. The van der Waals surface area contributed by atoms with Crippen LogP contribution < -0.4 is 4.90 Å². The van der Waals surface area contributed by atoms with Gasteiger partial charge in [0.05, 0.1) is 5.56 Å². The minimum atomic E-state index is -4.38. The fourth-order valence-electron chi connectivity index (χ4n) is 3.86. The molecule has 1 aromatic heterocycles. The van der Waals surface area contributed by atoms with E-state index in [1.807, 2.05) is 4.90 Å². The Hall–Kier alpha value is -1.99. The molecule has 2 aliphatic heterocycles. The van der Waals surface area contributed by atoms with Crippen LogP contribution in [-0.4, -0.2) is 47.3 Å². The maximum atomic E-state index is 12.9. The number of rotatable bonds is 1. The number of hydrogen-bond donors (Lipinski definition) is 1. The molecule has 1 aromatic rings. The quantitative estimate of drug-likeness (QED) is 0.850. The summed E-state index contributed by atoms with van der Waals surface area (Å²) in [5, 5.41) is 9.07. The second-order valence-electron chi connectivity index (χ2n) is 6.81. The first-order valence-corrected chi connectivity index (χ1v) is 7.97. The van der Waals surface area contributed by atoms with Gasteiger partial charge in [-0.2, -0.15) is 13.2 Å². The minimum Gasteiger partial charge on any atom is -0.465 e. The Morgan fingerprint density at radius 1 is 1.38 bits per heavy atom. The number of amides is 1. The van der Waals surface area contributed by atoms with Crippen LogP contribution in [0.15, 0.2) is 18.3 Å². The molecule has 2 saturated heterocycles. The Bertz CT molecular complexity index is 627. The van der Waals surface area contributed by atoms with Gasteiger partial charge in [-0.05, 0) is 36.3 Å². The lowest BCUT2D eigenvalue weighted by molar-refractivity contribution is -0.137. The summed E-state index contributed by atoms with van der Waals surface area (Å²) in [5.74, 6) is 0.624. The van der Waals surface area contributed by atoms with Gasteiger partial charge in [0.2, 0.25) is 0 Å². The van der Waals surface area contributed by atoms with Crippen molar-refractivity contribution in [2.24, 2.45) is 11.3 Å². The predicted molar refractivity (Wildman–Crippen MR) is 81.9 cm³/mol. The van der Waals surface area contributed by atoms with Crippen LogP contribution in [0.1, 0.15) is 25.3 Å². The average Bonchev–Trinajstić information content (AvgIpc) is 2.84. The zero-order valence-corrected chi connectivity index (χ0v) is 13.4. The summed E-state index contributed by atoms with van der Waals surface area (Å²) < 4.78 is 38.7.